The summed E-state index contributed by atoms with van der Waals surface area (Å²) in [5.74, 6) is 0. The van der Waals surface area contributed by atoms with E-state index in [-0.39, 0.29) is 0 Å². The summed E-state index contributed by atoms with van der Waals surface area (Å²) in [6.45, 7) is 7.32. The van der Waals surface area contributed by atoms with Crippen molar-refractivity contribution < 1.29 is 5.11 Å². The molecule has 0 aromatic carbocycles. The Hall–Kier alpha value is 0.390. The molecular formula is C16H36OP+. The Labute approximate surface area is 116 Å². The van der Waals surface area contributed by atoms with E-state index in [4.69, 9.17) is 5.11 Å². The van der Waals surface area contributed by atoms with E-state index >= 15 is 0 Å². The van der Waals surface area contributed by atoms with Gasteiger partial charge >= 0.3 is 0 Å². The van der Waals surface area contributed by atoms with Crippen molar-refractivity contribution in [3.05, 3.63) is 0 Å². The minimum atomic E-state index is -0.735. The zero-order valence-corrected chi connectivity index (χ0v) is 14.0. The molecule has 0 radical (unpaired) electrons. The molecule has 0 unspecified atom stereocenters. The highest BCUT2D eigenvalue weighted by atomic mass is 31.2. The Bertz CT molecular complexity index is 149. The van der Waals surface area contributed by atoms with Gasteiger partial charge in [-0.1, -0.05) is 46.5 Å². The van der Waals surface area contributed by atoms with Crippen LogP contribution in [0.25, 0.3) is 0 Å². The Morgan fingerprint density at radius 3 is 1.50 bits per heavy atom. The van der Waals surface area contributed by atoms with Gasteiger partial charge in [0.15, 0.2) is 0 Å². The van der Waals surface area contributed by atoms with E-state index < -0.39 is 7.26 Å². The second-order valence-electron chi connectivity index (χ2n) is 5.73. The fraction of sp³-hybridized carbons (Fsp3) is 1.00. The van der Waals surface area contributed by atoms with Crippen LogP contribution in [0, 0.1) is 0 Å². The molecule has 0 saturated carbocycles. The van der Waals surface area contributed by atoms with E-state index in [2.05, 4.69) is 20.8 Å². The predicted molar refractivity (Wildman–Crippen MR) is 87.4 cm³/mol. The van der Waals surface area contributed by atoms with Gasteiger partial charge in [-0.3, -0.25) is 0 Å². The monoisotopic (exact) mass is 275 g/mol. The van der Waals surface area contributed by atoms with Crippen LogP contribution >= 0.6 is 7.26 Å². The first-order valence-electron chi connectivity index (χ1n) is 8.20. The van der Waals surface area contributed by atoms with Crippen molar-refractivity contribution in [1.82, 2.24) is 0 Å². The van der Waals surface area contributed by atoms with Crippen molar-refractivity contribution in [3.63, 3.8) is 0 Å². The molecule has 1 N–H and O–H groups in total. The Kier molecular flexibility index (Phi) is 12.7. The Morgan fingerprint density at radius 2 is 1.06 bits per heavy atom. The maximum atomic E-state index is 9.17. The number of rotatable bonds is 13. The Morgan fingerprint density at radius 1 is 0.611 bits per heavy atom. The molecule has 0 saturated heterocycles. The van der Waals surface area contributed by atoms with Crippen LogP contribution in [0.2, 0.25) is 0 Å². The topological polar surface area (TPSA) is 20.2 Å². The molecule has 0 heterocycles. The molecule has 0 aromatic rings. The van der Waals surface area contributed by atoms with Crippen molar-refractivity contribution in [2.75, 3.05) is 31.3 Å². The molecule has 0 aliphatic carbocycles. The third-order valence-electron chi connectivity index (χ3n) is 4.00. The van der Waals surface area contributed by atoms with Crippen LogP contribution in [0.5, 0.6) is 0 Å². The molecule has 18 heavy (non-hydrogen) atoms. The number of hydrogen-bond acceptors (Lipinski definition) is 1. The minimum Gasteiger partial charge on any atom is -0.396 e. The lowest BCUT2D eigenvalue weighted by molar-refractivity contribution is 0.295. The van der Waals surface area contributed by atoms with Crippen molar-refractivity contribution in [1.29, 1.82) is 0 Å². The first-order valence-corrected chi connectivity index (χ1v) is 10.7. The van der Waals surface area contributed by atoms with Crippen molar-refractivity contribution in [2.24, 2.45) is 0 Å². The SMILES string of the molecule is CCCCC[P+](CCCC)(CCCC)CCCO. The molecule has 1 nitrogen and oxygen atoms in total. The van der Waals surface area contributed by atoms with Crippen molar-refractivity contribution in [3.8, 4) is 0 Å². The summed E-state index contributed by atoms with van der Waals surface area (Å²) in [5.41, 5.74) is 0. The van der Waals surface area contributed by atoms with Gasteiger partial charge in [-0.2, -0.15) is 0 Å². The number of aliphatic hydroxyl groups excluding tert-OH is 1. The molecule has 110 valence electrons. The Balaban J connectivity index is 4.41. The van der Waals surface area contributed by atoms with E-state index in [1.807, 2.05) is 0 Å². The molecule has 0 fully saturated rings. The molecule has 0 bridgehead atoms. The predicted octanol–water partition coefficient (Wildman–Crippen LogP) is 5.18. The van der Waals surface area contributed by atoms with Crippen molar-refractivity contribution >= 4 is 7.26 Å². The van der Waals surface area contributed by atoms with Crippen molar-refractivity contribution in [2.45, 2.75) is 72.1 Å². The largest absolute Gasteiger partial charge is 0.396 e. The quantitative estimate of drug-likeness (QED) is 0.363. The third kappa shape index (κ3) is 8.48. The van der Waals surface area contributed by atoms with Crippen LogP contribution in [0.15, 0.2) is 0 Å². The molecule has 2 heteroatoms. The molecule has 0 aliphatic rings. The van der Waals surface area contributed by atoms with E-state index in [0.717, 1.165) is 6.42 Å². The second kappa shape index (κ2) is 12.4. The van der Waals surface area contributed by atoms with Gasteiger partial charge < -0.3 is 5.11 Å². The number of unbranched alkanes of at least 4 members (excludes halogenated alkanes) is 4. The van der Waals surface area contributed by atoms with Crippen LogP contribution < -0.4 is 0 Å². The summed E-state index contributed by atoms with van der Waals surface area (Å²) in [4.78, 5) is 0. The van der Waals surface area contributed by atoms with Gasteiger partial charge in [0.25, 0.3) is 0 Å². The normalized spacial score (nSPS) is 12.0. The third-order valence-corrected chi connectivity index (χ3v) is 9.06. The molecule has 0 amide bonds. The lowest BCUT2D eigenvalue weighted by Crippen LogP contribution is -2.13. The molecule has 0 aliphatic heterocycles. The van der Waals surface area contributed by atoms with Gasteiger partial charge in [0, 0.05) is 20.3 Å². The standard InChI is InChI=1S/C16H36OP/c1-4-7-10-15-18(13-8-5-2,14-9-6-3)16-11-12-17/h17H,4-16H2,1-3H3/q+1. The van der Waals surface area contributed by atoms with Gasteiger partial charge in [0.1, 0.15) is 0 Å². The molecular weight excluding hydrogens is 239 g/mol. The molecule has 0 aromatic heterocycles. The van der Waals surface area contributed by atoms with Crippen LogP contribution in [-0.4, -0.2) is 36.4 Å². The molecule has 0 atom stereocenters. The molecule has 0 spiro atoms. The average molecular weight is 275 g/mol. The number of aliphatic hydroxyl groups is 1. The maximum Gasteiger partial charge on any atom is 0.0616 e. The summed E-state index contributed by atoms with van der Waals surface area (Å²) in [6, 6.07) is 0. The highest BCUT2D eigenvalue weighted by molar-refractivity contribution is 7.75. The lowest BCUT2D eigenvalue weighted by atomic mass is 10.3. The first-order chi connectivity index (χ1) is 8.74. The first kappa shape index (κ1) is 18.4. The highest BCUT2D eigenvalue weighted by Crippen LogP contribution is 2.61. The van der Waals surface area contributed by atoms with E-state index in [1.165, 1.54) is 69.6 Å². The number of hydrogen-bond donors (Lipinski definition) is 1. The van der Waals surface area contributed by atoms with E-state index in [0.29, 0.717) is 6.61 Å². The zero-order chi connectivity index (χ0) is 13.7. The molecule has 0 rings (SSSR count). The van der Waals surface area contributed by atoms with Crippen LogP contribution in [-0.2, 0) is 0 Å². The van der Waals surface area contributed by atoms with E-state index in [9.17, 15) is 0 Å². The second-order valence-corrected chi connectivity index (χ2v) is 10.2. The summed E-state index contributed by atoms with van der Waals surface area (Å²) in [7, 11) is -0.735. The summed E-state index contributed by atoms with van der Waals surface area (Å²) in [6.07, 6.45) is 16.6. The average Bonchev–Trinajstić information content (AvgIpc) is 2.40. The van der Waals surface area contributed by atoms with Gasteiger partial charge in [-0.05, 0) is 19.3 Å². The summed E-state index contributed by atoms with van der Waals surface area (Å²) < 4.78 is 0. The lowest BCUT2D eigenvalue weighted by Gasteiger charge is -2.28. The zero-order valence-electron chi connectivity index (χ0n) is 13.1. The fourth-order valence-electron chi connectivity index (χ4n) is 2.76. The van der Waals surface area contributed by atoms with Gasteiger partial charge in [0.05, 0.1) is 24.6 Å². The van der Waals surface area contributed by atoms with Gasteiger partial charge in [0.2, 0.25) is 0 Å². The van der Waals surface area contributed by atoms with Crippen LogP contribution in [0.1, 0.15) is 72.1 Å². The minimum absolute atomic E-state index is 0.397. The van der Waals surface area contributed by atoms with Gasteiger partial charge in [-0.25, -0.2) is 0 Å². The summed E-state index contributed by atoms with van der Waals surface area (Å²) in [5, 5.41) is 9.17. The van der Waals surface area contributed by atoms with Crippen LogP contribution in [0.4, 0.5) is 0 Å². The smallest absolute Gasteiger partial charge is 0.0616 e. The maximum absolute atomic E-state index is 9.17. The van der Waals surface area contributed by atoms with Gasteiger partial charge in [-0.15, -0.1) is 0 Å². The fourth-order valence-corrected chi connectivity index (χ4v) is 7.78. The summed E-state index contributed by atoms with van der Waals surface area (Å²) >= 11 is 0. The highest BCUT2D eigenvalue weighted by Gasteiger charge is 2.34. The van der Waals surface area contributed by atoms with Crippen LogP contribution in [0.3, 0.4) is 0 Å². The van der Waals surface area contributed by atoms with E-state index in [1.54, 1.807) is 0 Å².